The Labute approximate surface area is 148 Å². The van der Waals surface area contributed by atoms with Crippen LogP contribution in [0.3, 0.4) is 0 Å². The summed E-state index contributed by atoms with van der Waals surface area (Å²) in [6.45, 7) is 9.74. The number of hydrogen-bond acceptors (Lipinski definition) is 1. The average molecular weight is 329 g/mol. The van der Waals surface area contributed by atoms with E-state index < -0.39 is 5.60 Å². The fourth-order valence-corrected chi connectivity index (χ4v) is 3.98. The highest BCUT2D eigenvalue weighted by Gasteiger charge is 2.37. The van der Waals surface area contributed by atoms with Crippen molar-refractivity contribution < 1.29 is 10.0 Å². The number of aliphatic hydroxyl groups is 1. The molecule has 1 aliphatic carbocycles. The molecule has 1 atom stereocenters. The van der Waals surface area contributed by atoms with Gasteiger partial charge in [-0.2, -0.15) is 0 Å². The van der Waals surface area contributed by atoms with Crippen LogP contribution in [0.5, 0.6) is 0 Å². The Balaban J connectivity index is 2.26. The Bertz CT molecular complexity index is 540. The highest BCUT2D eigenvalue weighted by molar-refractivity contribution is 5.33. The van der Waals surface area contributed by atoms with E-state index in [2.05, 4.69) is 39.5 Å². The molecule has 0 aliphatic heterocycles. The zero-order chi connectivity index (χ0) is 17.6. The molecule has 2 heteroatoms. The van der Waals surface area contributed by atoms with Crippen molar-refractivity contribution in [2.75, 3.05) is 6.54 Å². The van der Waals surface area contributed by atoms with E-state index in [4.69, 9.17) is 0 Å². The number of benzene rings is 1. The van der Waals surface area contributed by atoms with Gasteiger partial charge in [-0.15, -0.1) is 0 Å². The van der Waals surface area contributed by atoms with Crippen molar-refractivity contribution in [3.05, 3.63) is 35.9 Å². The first-order chi connectivity index (χ1) is 11.4. The number of nitrogens with one attached hydrogen (secondary N) is 1. The zero-order valence-corrected chi connectivity index (χ0v) is 15.8. The summed E-state index contributed by atoms with van der Waals surface area (Å²) < 4.78 is 0. The van der Waals surface area contributed by atoms with Crippen molar-refractivity contribution in [3.63, 3.8) is 0 Å². The second-order valence-corrected chi connectivity index (χ2v) is 7.83. The fourth-order valence-electron chi connectivity index (χ4n) is 3.98. The molecule has 1 aromatic carbocycles. The van der Waals surface area contributed by atoms with Crippen LogP contribution in [-0.2, 0) is 5.60 Å². The molecule has 1 aromatic rings. The van der Waals surface area contributed by atoms with Gasteiger partial charge in [-0.3, -0.25) is 0 Å². The number of hydrogen-bond donors (Lipinski definition) is 2. The SMILES string of the molecule is CC(C)[NH+](CC#C[C@](O)(c1ccccc1)C1CCCCC1)C(C)C. The molecule has 0 aromatic heterocycles. The normalized spacial score (nSPS) is 18.5. The van der Waals surface area contributed by atoms with E-state index in [9.17, 15) is 5.11 Å². The standard InChI is InChI=1S/C22H33NO/c1-18(2)23(19(3)4)17-11-16-22(24,20-12-7-5-8-13-20)21-14-9-6-10-15-21/h5,7-8,12-13,18-19,21,24H,6,9-10,14-15,17H2,1-4H3/p+1/t22-/m0/s1. The summed E-state index contributed by atoms with van der Waals surface area (Å²) in [5.41, 5.74) is -0.0409. The maximum atomic E-state index is 11.5. The Kier molecular flexibility index (Phi) is 6.90. The first-order valence-corrected chi connectivity index (χ1v) is 9.58. The van der Waals surface area contributed by atoms with Gasteiger partial charge in [-0.25, -0.2) is 0 Å². The van der Waals surface area contributed by atoms with Crippen LogP contribution in [0.1, 0.15) is 65.4 Å². The summed E-state index contributed by atoms with van der Waals surface area (Å²) >= 11 is 0. The highest BCUT2D eigenvalue weighted by Crippen LogP contribution is 2.38. The topological polar surface area (TPSA) is 24.7 Å². The molecule has 132 valence electrons. The molecule has 24 heavy (non-hydrogen) atoms. The Morgan fingerprint density at radius 3 is 2.17 bits per heavy atom. The zero-order valence-electron chi connectivity index (χ0n) is 15.8. The van der Waals surface area contributed by atoms with Crippen LogP contribution >= 0.6 is 0 Å². The Morgan fingerprint density at radius 1 is 1.04 bits per heavy atom. The third kappa shape index (κ3) is 4.62. The van der Waals surface area contributed by atoms with Gasteiger partial charge in [0.25, 0.3) is 0 Å². The van der Waals surface area contributed by atoms with Gasteiger partial charge in [-0.1, -0.05) is 55.5 Å². The maximum absolute atomic E-state index is 11.5. The van der Waals surface area contributed by atoms with Gasteiger partial charge in [0.15, 0.2) is 5.60 Å². The molecule has 0 radical (unpaired) electrons. The van der Waals surface area contributed by atoms with Crippen LogP contribution in [0.25, 0.3) is 0 Å². The van der Waals surface area contributed by atoms with Gasteiger partial charge in [0.05, 0.1) is 12.1 Å². The van der Waals surface area contributed by atoms with E-state index in [0.29, 0.717) is 12.1 Å². The molecular weight excluding hydrogens is 294 g/mol. The highest BCUT2D eigenvalue weighted by atomic mass is 16.3. The summed E-state index contributed by atoms with van der Waals surface area (Å²) in [6.07, 6.45) is 5.84. The van der Waals surface area contributed by atoms with E-state index in [0.717, 1.165) is 24.9 Å². The van der Waals surface area contributed by atoms with Crippen LogP contribution in [0.2, 0.25) is 0 Å². The third-order valence-corrected chi connectivity index (χ3v) is 5.46. The summed E-state index contributed by atoms with van der Waals surface area (Å²) in [4.78, 5) is 1.47. The molecule has 0 heterocycles. The molecule has 0 saturated heterocycles. The lowest BCUT2D eigenvalue weighted by Gasteiger charge is -2.35. The summed E-state index contributed by atoms with van der Waals surface area (Å²) in [6, 6.07) is 11.1. The fraction of sp³-hybridized carbons (Fsp3) is 0.636. The molecule has 0 amide bonds. The van der Waals surface area contributed by atoms with Crippen molar-refractivity contribution >= 4 is 0 Å². The smallest absolute Gasteiger partial charge is 0.153 e. The maximum Gasteiger partial charge on any atom is 0.153 e. The molecule has 2 rings (SSSR count). The van der Waals surface area contributed by atoms with E-state index >= 15 is 0 Å². The molecule has 2 N–H and O–H groups in total. The van der Waals surface area contributed by atoms with Crippen LogP contribution in [0.15, 0.2) is 30.3 Å². The second-order valence-electron chi connectivity index (χ2n) is 7.83. The summed E-state index contributed by atoms with van der Waals surface area (Å²) in [5.74, 6) is 6.91. The first-order valence-electron chi connectivity index (χ1n) is 9.58. The number of rotatable bonds is 5. The third-order valence-electron chi connectivity index (χ3n) is 5.46. The molecule has 2 nitrogen and oxygen atoms in total. The Hall–Kier alpha value is -1.30. The van der Waals surface area contributed by atoms with Crippen molar-refractivity contribution in [1.82, 2.24) is 0 Å². The van der Waals surface area contributed by atoms with Crippen molar-refractivity contribution in [2.45, 2.75) is 77.5 Å². The lowest BCUT2D eigenvalue weighted by Crippen LogP contribution is -3.17. The second kappa shape index (κ2) is 8.70. The van der Waals surface area contributed by atoms with E-state index in [1.807, 2.05) is 30.3 Å². The van der Waals surface area contributed by atoms with Gasteiger partial charge in [-0.05, 0) is 52.0 Å². The van der Waals surface area contributed by atoms with Crippen LogP contribution in [0, 0.1) is 17.8 Å². The van der Waals surface area contributed by atoms with Gasteiger partial charge in [0.2, 0.25) is 0 Å². The van der Waals surface area contributed by atoms with Gasteiger partial charge in [0, 0.05) is 5.92 Å². The largest absolute Gasteiger partial charge is 0.373 e. The lowest BCUT2D eigenvalue weighted by atomic mass is 9.73. The number of quaternary nitrogens is 1. The van der Waals surface area contributed by atoms with Crippen molar-refractivity contribution in [2.24, 2.45) is 5.92 Å². The first kappa shape index (κ1) is 19.0. The molecular formula is C22H34NO+. The van der Waals surface area contributed by atoms with Crippen LogP contribution in [0.4, 0.5) is 0 Å². The molecule has 1 fully saturated rings. The molecule has 0 unspecified atom stereocenters. The van der Waals surface area contributed by atoms with Gasteiger partial charge < -0.3 is 10.0 Å². The van der Waals surface area contributed by atoms with Crippen molar-refractivity contribution in [1.29, 1.82) is 0 Å². The van der Waals surface area contributed by atoms with Gasteiger partial charge >= 0.3 is 0 Å². The quantitative estimate of drug-likeness (QED) is 0.798. The monoisotopic (exact) mass is 328 g/mol. The van der Waals surface area contributed by atoms with E-state index in [-0.39, 0.29) is 5.92 Å². The van der Waals surface area contributed by atoms with Gasteiger partial charge in [0.1, 0.15) is 6.54 Å². The molecule has 0 bridgehead atoms. The summed E-state index contributed by atoms with van der Waals surface area (Å²) in [7, 11) is 0. The van der Waals surface area contributed by atoms with E-state index in [1.54, 1.807) is 0 Å². The van der Waals surface area contributed by atoms with Crippen LogP contribution < -0.4 is 4.90 Å². The Morgan fingerprint density at radius 2 is 1.62 bits per heavy atom. The minimum atomic E-state index is -0.999. The average Bonchev–Trinajstić information content (AvgIpc) is 2.59. The minimum Gasteiger partial charge on any atom is -0.373 e. The molecule has 0 spiro atoms. The van der Waals surface area contributed by atoms with Crippen LogP contribution in [-0.4, -0.2) is 23.7 Å². The van der Waals surface area contributed by atoms with Crippen molar-refractivity contribution in [3.8, 4) is 11.8 Å². The minimum absolute atomic E-state index is 0.252. The predicted molar refractivity (Wildman–Crippen MR) is 101 cm³/mol. The summed E-state index contributed by atoms with van der Waals surface area (Å²) in [5, 5.41) is 11.5. The van der Waals surface area contributed by atoms with E-state index in [1.165, 1.54) is 24.2 Å². The predicted octanol–water partition coefficient (Wildman–Crippen LogP) is 3.16. The molecule has 1 aliphatic rings. The lowest BCUT2D eigenvalue weighted by molar-refractivity contribution is -0.935. The molecule has 1 saturated carbocycles.